The molecule has 1 fully saturated rings. The third-order valence-corrected chi connectivity index (χ3v) is 6.98. The molecule has 5 nitrogen and oxygen atoms in total. The van der Waals surface area contributed by atoms with Crippen molar-refractivity contribution in [2.45, 2.75) is 114 Å². The van der Waals surface area contributed by atoms with Crippen molar-refractivity contribution >= 4 is 39.3 Å². The SMILES string of the molecule is CC.CC/C=C/C=C(Cl)\C=C(/C)CCC.C\C=C(Br)/C(=C(/C)N1CCN(C(=O)OC(C)(C)C)CC1)C(/C)=N/C=C/CC. The van der Waals surface area contributed by atoms with Crippen molar-refractivity contribution < 1.29 is 9.53 Å². The van der Waals surface area contributed by atoms with E-state index in [0.29, 0.717) is 13.1 Å². The van der Waals surface area contributed by atoms with Gasteiger partial charge in [-0.15, -0.1) is 0 Å². The van der Waals surface area contributed by atoms with E-state index >= 15 is 0 Å². The van der Waals surface area contributed by atoms with Gasteiger partial charge in [0.1, 0.15) is 5.60 Å². The second kappa shape index (κ2) is 24.4. The minimum absolute atomic E-state index is 0.235. The van der Waals surface area contributed by atoms with Crippen molar-refractivity contribution in [2.24, 2.45) is 4.99 Å². The van der Waals surface area contributed by atoms with E-state index in [1.54, 1.807) is 4.90 Å². The van der Waals surface area contributed by atoms with Crippen LogP contribution in [0.1, 0.15) is 109 Å². The number of carbonyl (C=O) groups excluding carboxylic acids is 1. The molecule has 0 aliphatic carbocycles. The molecule has 1 aliphatic rings. The van der Waals surface area contributed by atoms with Gasteiger partial charge in [0.05, 0.1) is 0 Å². The number of piperazine rings is 1. The molecule has 0 saturated carbocycles. The number of nitrogens with zero attached hydrogens (tertiary/aromatic N) is 3. The monoisotopic (exact) mass is 667 g/mol. The number of hydrogen-bond donors (Lipinski definition) is 0. The molecule has 0 N–H and O–H groups in total. The van der Waals surface area contributed by atoms with E-state index in [0.717, 1.165) is 58.8 Å². The van der Waals surface area contributed by atoms with E-state index in [-0.39, 0.29) is 6.09 Å². The third-order valence-electron chi connectivity index (χ3n) is 5.89. The van der Waals surface area contributed by atoms with Gasteiger partial charge in [-0.2, -0.15) is 0 Å². The zero-order chi connectivity index (χ0) is 32.7. The van der Waals surface area contributed by atoms with Crippen LogP contribution in [-0.2, 0) is 4.74 Å². The van der Waals surface area contributed by atoms with Gasteiger partial charge in [0.2, 0.25) is 0 Å². The molecule has 240 valence electrons. The second-order valence-electron chi connectivity index (χ2n) is 10.7. The van der Waals surface area contributed by atoms with Gasteiger partial charge in [0.25, 0.3) is 0 Å². The van der Waals surface area contributed by atoms with Crippen molar-refractivity contribution in [3.8, 4) is 0 Å². The van der Waals surface area contributed by atoms with E-state index in [2.05, 4.69) is 66.5 Å². The van der Waals surface area contributed by atoms with Crippen LogP contribution in [-0.4, -0.2) is 53.4 Å². The highest BCUT2D eigenvalue weighted by Gasteiger charge is 2.27. The lowest BCUT2D eigenvalue weighted by atomic mass is 10.1. The number of ether oxygens (including phenoxy) is 1. The topological polar surface area (TPSA) is 45.1 Å². The minimum Gasteiger partial charge on any atom is -0.444 e. The van der Waals surface area contributed by atoms with Crippen LogP contribution in [0.3, 0.4) is 0 Å². The molecular formula is C35H59BrClN3O2. The lowest BCUT2D eigenvalue weighted by Gasteiger charge is -2.38. The van der Waals surface area contributed by atoms with Gasteiger partial charge in [-0.05, 0) is 79.9 Å². The van der Waals surface area contributed by atoms with Crippen LogP contribution in [0.5, 0.6) is 0 Å². The first-order valence-corrected chi connectivity index (χ1v) is 16.6. The molecule has 0 radical (unpaired) electrons. The maximum absolute atomic E-state index is 12.3. The fraction of sp³-hybridized carbons (Fsp3) is 0.600. The minimum atomic E-state index is -0.465. The predicted octanol–water partition coefficient (Wildman–Crippen LogP) is 11.3. The molecule has 1 amide bonds. The lowest BCUT2D eigenvalue weighted by molar-refractivity contribution is 0.0168. The Kier molecular flexibility index (Phi) is 24.4. The van der Waals surface area contributed by atoms with Gasteiger partial charge in [0, 0.05) is 58.9 Å². The number of allylic oxidation sites excluding steroid dienone is 11. The normalized spacial score (nSPS) is 16.1. The van der Waals surface area contributed by atoms with E-state index < -0.39 is 5.60 Å². The van der Waals surface area contributed by atoms with Crippen LogP contribution in [0, 0.1) is 0 Å². The molecule has 7 heteroatoms. The van der Waals surface area contributed by atoms with Crippen molar-refractivity contribution in [1.29, 1.82) is 0 Å². The standard InChI is InChI=1S/C21H34BrN3O2.C12H19Cl.C2H6/c1-8-10-11-23-16(3)19(18(22)9-2)17(4)24-12-14-25(15-13-24)20(26)27-21(5,6)7;1-4-6-7-9-12(13)10-11(3)8-5-2;1-2/h9-11H,8,12-15H2,1-7H3;6-7,9-10H,4-5,8H2,1-3H3;1-2H3/b11-10+,18-9+,19-17-,23-16+;7-6+,11-10+,12-9+;. The maximum atomic E-state index is 12.3. The number of rotatable bonds is 10. The van der Waals surface area contributed by atoms with Crippen molar-refractivity contribution in [1.82, 2.24) is 9.80 Å². The van der Waals surface area contributed by atoms with Crippen LogP contribution in [0.25, 0.3) is 0 Å². The Morgan fingerprint density at radius 3 is 2.00 bits per heavy atom. The molecule has 0 spiro atoms. The fourth-order valence-corrected chi connectivity index (χ4v) is 4.67. The van der Waals surface area contributed by atoms with E-state index in [1.165, 1.54) is 12.0 Å². The Morgan fingerprint density at radius 1 is 0.976 bits per heavy atom. The number of aliphatic imine (C=N–C) groups is 1. The first-order valence-electron chi connectivity index (χ1n) is 15.5. The lowest BCUT2D eigenvalue weighted by Crippen LogP contribution is -2.49. The van der Waals surface area contributed by atoms with Gasteiger partial charge < -0.3 is 14.5 Å². The second-order valence-corrected chi connectivity index (χ2v) is 12.0. The highest BCUT2D eigenvalue weighted by molar-refractivity contribution is 9.12. The van der Waals surface area contributed by atoms with Gasteiger partial charge in [-0.1, -0.05) is 98.4 Å². The Balaban J connectivity index is 0. The van der Waals surface area contributed by atoms with Crippen LogP contribution < -0.4 is 0 Å². The first-order chi connectivity index (χ1) is 19.8. The summed E-state index contributed by atoms with van der Waals surface area (Å²) in [6.07, 6.45) is 18.1. The smallest absolute Gasteiger partial charge is 0.410 e. The van der Waals surface area contributed by atoms with E-state index in [4.69, 9.17) is 16.3 Å². The summed E-state index contributed by atoms with van der Waals surface area (Å²) >= 11 is 9.66. The van der Waals surface area contributed by atoms with Crippen LogP contribution in [0.2, 0.25) is 0 Å². The maximum Gasteiger partial charge on any atom is 0.410 e. The molecule has 0 bridgehead atoms. The summed E-state index contributed by atoms with van der Waals surface area (Å²) in [6.45, 7) is 27.2. The van der Waals surface area contributed by atoms with Gasteiger partial charge >= 0.3 is 6.09 Å². The summed E-state index contributed by atoms with van der Waals surface area (Å²) in [5, 5.41) is 0.815. The van der Waals surface area contributed by atoms with Gasteiger partial charge in [-0.3, -0.25) is 4.99 Å². The Morgan fingerprint density at radius 2 is 1.52 bits per heavy atom. The van der Waals surface area contributed by atoms with Crippen LogP contribution in [0.15, 0.2) is 74.0 Å². The number of amides is 1. The highest BCUT2D eigenvalue weighted by Crippen LogP contribution is 2.26. The summed E-state index contributed by atoms with van der Waals surface area (Å²) < 4.78 is 6.51. The molecule has 0 aromatic heterocycles. The Bertz CT molecular complexity index is 990. The molecule has 0 atom stereocenters. The number of halogens is 2. The highest BCUT2D eigenvalue weighted by atomic mass is 79.9. The molecule has 0 aromatic carbocycles. The molecule has 1 aliphatic heterocycles. The Hall–Kier alpha value is -2.05. The summed E-state index contributed by atoms with van der Waals surface area (Å²) in [4.78, 5) is 20.9. The summed E-state index contributed by atoms with van der Waals surface area (Å²) in [7, 11) is 0. The Labute approximate surface area is 272 Å². The molecule has 1 saturated heterocycles. The largest absolute Gasteiger partial charge is 0.444 e. The van der Waals surface area contributed by atoms with Gasteiger partial charge in [-0.25, -0.2) is 4.79 Å². The summed E-state index contributed by atoms with van der Waals surface area (Å²) in [6, 6.07) is 0. The van der Waals surface area contributed by atoms with Crippen LogP contribution in [0.4, 0.5) is 4.79 Å². The molecule has 0 aromatic rings. The quantitative estimate of drug-likeness (QED) is 0.172. The molecule has 0 unspecified atom stereocenters. The van der Waals surface area contributed by atoms with E-state index in [1.807, 2.05) is 85.0 Å². The van der Waals surface area contributed by atoms with E-state index in [9.17, 15) is 4.79 Å². The molecule has 1 heterocycles. The number of carbonyl (C=O) groups is 1. The van der Waals surface area contributed by atoms with Crippen molar-refractivity contribution in [2.75, 3.05) is 26.2 Å². The fourth-order valence-electron chi connectivity index (χ4n) is 3.84. The zero-order valence-electron chi connectivity index (χ0n) is 28.6. The molecule has 1 rings (SSSR count). The molecular weight excluding hydrogens is 610 g/mol. The summed E-state index contributed by atoms with van der Waals surface area (Å²) in [5.41, 5.74) is 4.11. The first kappa shape index (κ1) is 42.1. The average Bonchev–Trinajstić information content (AvgIpc) is 2.94. The van der Waals surface area contributed by atoms with Crippen molar-refractivity contribution in [3.05, 3.63) is 69.0 Å². The van der Waals surface area contributed by atoms with Crippen LogP contribution >= 0.6 is 27.5 Å². The van der Waals surface area contributed by atoms with Crippen molar-refractivity contribution in [3.63, 3.8) is 0 Å². The zero-order valence-corrected chi connectivity index (χ0v) is 31.0. The van der Waals surface area contributed by atoms with Gasteiger partial charge in [0.15, 0.2) is 0 Å². The molecule has 42 heavy (non-hydrogen) atoms. The number of hydrogen-bond acceptors (Lipinski definition) is 4. The predicted molar refractivity (Wildman–Crippen MR) is 191 cm³/mol. The third kappa shape index (κ3) is 19.2. The average molecular weight is 669 g/mol. The summed E-state index contributed by atoms with van der Waals surface area (Å²) in [5.74, 6) is 0.